The van der Waals surface area contributed by atoms with Crippen molar-refractivity contribution in [3.05, 3.63) is 66.2 Å². The average molecular weight is 273 g/mol. The SMILES string of the molecule is C1=[N+]2c3cccc(n3)[N+]3=Cc4cccn4C23n2cccc21. The highest BCUT2D eigenvalue weighted by Gasteiger charge is 2.62. The van der Waals surface area contributed by atoms with E-state index in [1.165, 1.54) is 11.4 Å². The van der Waals surface area contributed by atoms with Crippen molar-refractivity contribution in [1.82, 2.24) is 14.1 Å². The van der Waals surface area contributed by atoms with Crippen molar-refractivity contribution in [1.29, 1.82) is 0 Å². The van der Waals surface area contributed by atoms with Gasteiger partial charge < -0.3 is 0 Å². The molecule has 5 heteroatoms. The van der Waals surface area contributed by atoms with Crippen LogP contribution in [0, 0.1) is 0 Å². The lowest BCUT2D eigenvalue weighted by molar-refractivity contribution is -0.807. The number of nitrogens with zero attached hydrogens (tertiary/aromatic N) is 5. The van der Waals surface area contributed by atoms with Gasteiger partial charge >= 0.3 is 17.5 Å². The van der Waals surface area contributed by atoms with Crippen molar-refractivity contribution >= 4 is 24.1 Å². The second-order valence-electron chi connectivity index (χ2n) is 5.56. The Balaban J connectivity index is 1.87. The molecule has 6 heterocycles. The van der Waals surface area contributed by atoms with E-state index in [-0.39, 0.29) is 0 Å². The molecule has 5 nitrogen and oxygen atoms in total. The van der Waals surface area contributed by atoms with Gasteiger partial charge in [0, 0.05) is 29.5 Å². The molecular formula is C16H11N5+2. The second-order valence-corrected chi connectivity index (χ2v) is 5.56. The van der Waals surface area contributed by atoms with Crippen LogP contribution in [0.2, 0.25) is 0 Å². The number of fused-ring (bicyclic) bond motifs is 6. The molecular weight excluding hydrogens is 262 g/mol. The van der Waals surface area contributed by atoms with Crippen LogP contribution < -0.4 is 0 Å². The molecule has 0 fully saturated rings. The van der Waals surface area contributed by atoms with Gasteiger partial charge in [-0.1, -0.05) is 0 Å². The van der Waals surface area contributed by atoms with Crippen molar-refractivity contribution in [3.8, 4) is 0 Å². The van der Waals surface area contributed by atoms with E-state index in [0.717, 1.165) is 11.6 Å². The molecule has 3 aromatic heterocycles. The van der Waals surface area contributed by atoms with Gasteiger partial charge in [-0.05, 0) is 30.3 Å². The van der Waals surface area contributed by atoms with Gasteiger partial charge in [0.15, 0.2) is 0 Å². The molecule has 0 aromatic carbocycles. The molecule has 2 bridgehead atoms. The van der Waals surface area contributed by atoms with Crippen LogP contribution in [0.3, 0.4) is 0 Å². The first-order chi connectivity index (χ1) is 10.4. The number of pyridine rings is 1. The molecule has 0 saturated heterocycles. The standard InChI is InChI=1S/C16H11N5/c1-6-14-17-15(7-1)21-11-13-5-3-9-19(13)16(21)18-8-2-4-12(18)10-20(14)16/h1-11H/q+2. The highest BCUT2D eigenvalue weighted by atomic mass is 15.6. The van der Waals surface area contributed by atoms with E-state index in [9.17, 15) is 0 Å². The highest BCUT2D eigenvalue weighted by Crippen LogP contribution is 2.43. The van der Waals surface area contributed by atoms with E-state index < -0.39 is 5.91 Å². The summed E-state index contributed by atoms with van der Waals surface area (Å²) >= 11 is 0. The lowest BCUT2D eigenvalue weighted by atomic mass is 10.3. The van der Waals surface area contributed by atoms with E-state index in [4.69, 9.17) is 4.98 Å². The molecule has 0 atom stereocenters. The fourth-order valence-corrected chi connectivity index (χ4v) is 3.80. The van der Waals surface area contributed by atoms with Gasteiger partial charge in [-0.25, -0.2) is 9.13 Å². The van der Waals surface area contributed by atoms with Crippen LogP contribution in [-0.4, -0.2) is 35.7 Å². The normalized spacial score (nSPS) is 18.5. The van der Waals surface area contributed by atoms with Crippen LogP contribution >= 0.6 is 0 Å². The van der Waals surface area contributed by atoms with Gasteiger partial charge in [-0.15, -0.1) is 9.15 Å². The Labute approximate surface area is 120 Å². The van der Waals surface area contributed by atoms with E-state index in [1.54, 1.807) is 0 Å². The first-order valence-electron chi connectivity index (χ1n) is 7.00. The molecule has 0 unspecified atom stereocenters. The van der Waals surface area contributed by atoms with Gasteiger partial charge in [0.2, 0.25) is 0 Å². The summed E-state index contributed by atoms with van der Waals surface area (Å²) in [5.74, 6) is 1.51. The molecule has 0 N–H and O–H groups in total. The van der Waals surface area contributed by atoms with Gasteiger partial charge in [-0.2, -0.15) is 0 Å². The average Bonchev–Trinajstić information content (AvgIpc) is 3.22. The minimum Gasteiger partial charge on any atom is -0.246 e. The Hall–Kier alpha value is -2.95. The van der Waals surface area contributed by atoms with E-state index in [1.807, 2.05) is 0 Å². The zero-order chi connectivity index (χ0) is 13.6. The van der Waals surface area contributed by atoms with Crippen LogP contribution in [0.5, 0.6) is 0 Å². The topological polar surface area (TPSA) is 28.8 Å². The van der Waals surface area contributed by atoms with Gasteiger partial charge in [-0.3, -0.25) is 0 Å². The van der Waals surface area contributed by atoms with E-state index in [2.05, 4.69) is 85.6 Å². The number of aromatic nitrogens is 3. The van der Waals surface area contributed by atoms with Crippen molar-refractivity contribution in [2.24, 2.45) is 0 Å². The molecule has 98 valence electrons. The third-order valence-corrected chi connectivity index (χ3v) is 4.59. The summed E-state index contributed by atoms with van der Waals surface area (Å²) in [4.78, 5) is 4.75. The van der Waals surface area contributed by atoms with E-state index >= 15 is 0 Å². The number of hydrogen-bond donors (Lipinski definition) is 0. The lowest BCUT2D eigenvalue weighted by Gasteiger charge is -2.30. The minimum absolute atomic E-state index is 0.439. The first kappa shape index (κ1) is 9.88. The predicted molar refractivity (Wildman–Crippen MR) is 76.6 cm³/mol. The van der Waals surface area contributed by atoms with Gasteiger partial charge in [0.1, 0.15) is 12.4 Å². The molecule has 3 aromatic rings. The zero-order valence-corrected chi connectivity index (χ0v) is 11.1. The van der Waals surface area contributed by atoms with Crippen molar-refractivity contribution < 1.29 is 9.15 Å². The van der Waals surface area contributed by atoms with Crippen LogP contribution in [0.15, 0.2) is 54.9 Å². The molecule has 0 aliphatic carbocycles. The second kappa shape index (κ2) is 2.88. The number of rotatable bonds is 0. The number of hydrogen-bond acceptors (Lipinski definition) is 1. The fraction of sp³-hybridized carbons (Fsp3) is 0.0625. The van der Waals surface area contributed by atoms with Crippen molar-refractivity contribution in [2.75, 3.05) is 0 Å². The Morgan fingerprint density at radius 3 is 1.90 bits per heavy atom. The predicted octanol–water partition coefficient (Wildman–Crippen LogP) is 1.67. The fourth-order valence-electron chi connectivity index (χ4n) is 3.80. The maximum atomic E-state index is 4.75. The monoisotopic (exact) mass is 273 g/mol. The lowest BCUT2D eigenvalue weighted by Crippen LogP contribution is -2.53. The molecule has 0 amide bonds. The van der Waals surface area contributed by atoms with Crippen LogP contribution in [0.25, 0.3) is 0 Å². The third-order valence-electron chi connectivity index (χ3n) is 4.59. The summed E-state index contributed by atoms with van der Waals surface area (Å²) in [5.41, 5.74) is 2.36. The molecule has 1 spiro atoms. The molecule has 21 heavy (non-hydrogen) atoms. The summed E-state index contributed by atoms with van der Waals surface area (Å²) in [5, 5.41) is 0. The molecule has 3 aliphatic rings. The smallest absolute Gasteiger partial charge is 0.246 e. The van der Waals surface area contributed by atoms with Crippen molar-refractivity contribution in [2.45, 2.75) is 5.91 Å². The molecule has 0 saturated carbocycles. The van der Waals surface area contributed by atoms with Crippen LogP contribution in [-0.2, 0) is 5.91 Å². The van der Waals surface area contributed by atoms with Crippen LogP contribution in [0.4, 0.5) is 11.6 Å². The summed E-state index contributed by atoms with van der Waals surface area (Å²) in [6.45, 7) is 0. The van der Waals surface area contributed by atoms with Gasteiger partial charge in [0.25, 0.3) is 0 Å². The maximum Gasteiger partial charge on any atom is 0.434 e. The zero-order valence-electron chi connectivity index (χ0n) is 11.1. The Morgan fingerprint density at radius 2 is 1.33 bits per heavy atom. The van der Waals surface area contributed by atoms with Crippen LogP contribution in [0.1, 0.15) is 11.4 Å². The summed E-state index contributed by atoms with van der Waals surface area (Å²) in [6.07, 6.45) is 8.60. The highest BCUT2D eigenvalue weighted by molar-refractivity contribution is 5.79. The molecule has 6 rings (SSSR count). The first-order valence-corrected chi connectivity index (χ1v) is 7.00. The maximum absolute atomic E-state index is 4.75. The van der Waals surface area contributed by atoms with Crippen molar-refractivity contribution in [3.63, 3.8) is 0 Å². The third kappa shape index (κ3) is 0.859. The largest absolute Gasteiger partial charge is 0.434 e. The summed E-state index contributed by atoms with van der Waals surface area (Å²) in [7, 11) is 0. The molecule has 3 aliphatic heterocycles. The quantitative estimate of drug-likeness (QED) is 0.573. The Morgan fingerprint density at radius 1 is 0.762 bits per heavy atom. The summed E-state index contributed by atoms with van der Waals surface area (Å²) in [6, 6.07) is 14.6. The summed E-state index contributed by atoms with van der Waals surface area (Å²) < 4.78 is 9.06. The molecule has 0 radical (unpaired) electrons. The van der Waals surface area contributed by atoms with Gasteiger partial charge in [0.05, 0.1) is 11.4 Å². The minimum atomic E-state index is -0.439. The Kier molecular flexibility index (Phi) is 1.35. The van der Waals surface area contributed by atoms with E-state index in [0.29, 0.717) is 0 Å². The Bertz CT molecular complexity index is 924.